The van der Waals surface area contributed by atoms with Gasteiger partial charge >= 0.3 is 5.69 Å². The van der Waals surface area contributed by atoms with Crippen molar-refractivity contribution in [3.63, 3.8) is 0 Å². The minimum absolute atomic E-state index is 0.0635. The standard InChI is InChI=1S/C13H15N3O2S/c17-7-9-1-3-10(4-2-9)8-19-13-15-14-12(18)16(13)11-5-6-11/h1-4,11,17H,5-8H2,(H,14,18). The average molecular weight is 277 g/mol. The molecule has 19 heavy (non-hydrogen) atoms. The SMILES string of the molecule is O=c1[nH]nc(SCc2ccc(CO)cc2)n1C1CC1. The maximum Gasteiger partial charge on any atom is 0.344 e. The fourth-order valence-electron chi connectivity index (χ4n) is 1.94. The number of aliphatic hydroxyl groups is 1. The molecule has 1 aromatic carbocycles. The van der Waals surface area contributed by atoms with Crippen molar-refractivity contribution in [3.8, 4) is 0 Å². The number of nitrogens with one attached hydrogen (secondary N) is 1. The monoisotopic (exact) mass is 277 g/mol. The van der Waals surface area contributed by atoms with Gasteiger partial charge in [-0.15, -0.1) is 5.10 Å². The fourth-order valence-corrected chi connectivity index (χ4v) is 2.91. The molecule has 1 saturated carbocycles. The highest BCUT2D eigenvalue weighted by atomic mass is 32.2. The van der Waals surface area contributed by atoms with Crippen molar-refractivity contribution in [2.75, 3.05) is 0 Å². The van der Waals surface area contributed by atoms with E-state index < -0.39 is 0 Å². The molecule has 0 unspecified atom stereocenters. The molecule has 2 N–H and O–H groups in total. The third-order valence-corrected chi connectivity index (χ3v) is 4.18. The third-order valence-electron chi connectivity index (χ3n) is 3.16. The first kappa shape index (κ1) is 12.5. The molecule has 1 fully saturated rings. The molecule has 6 heteroatoms. The predicted octanol–water partition coefficient (Wildman–Crippen LogP) is 1.69. The molecule has 0 spiro atoms. The van der Waals surface area contributed by atoms with Gasteiger partial charge in [0.2, 0.25) is 0 Å². The molecule has 0 amide bonds. The summed E-state index contributed by atoms with van der Waals surface area (Å²) in [6.07, 6.45) is 2.14. The first-order valence-corrected chi connectivity index (χ1v) is 7.25. The van der Waals surface area contributed by atoms with E-state index >= 15 is 0 Å². The molecule has 0 aliphatic heterocycles. The number of hydrogen-bond acceptors (Lipinski definition) is 4. The Morgan fingerprint density at radius 1 is 1.32 bits per heavy atom. The van der Waals surface area contributed by atoms with Gasteiger partial charge in [-0.05, 0) is 24.0 Å². The maximum absolute atomic E-state index is 11.6. The summed E-state index contributed by atoms with van der Waals surface area (Å²) in [5.74, 6) is 0.767. The van der Waals surface area contributed by atoms with Crippen LogP contribution in [0.15, 0.2) is 34.2 Å². The largest absolute Gasteiger partial charge is 0.392 e. The summed E-state index contributed by atoms with van der Waals surface area (Å²) in [5, 5.41) is 16.3. The number of rotatable bonds is 5. The lowest BCUT2D eigenvalue weighted by Crippen LogP contribution is -2.16. The summed E-state index contributed by atoms with van der Waals surface area (Å²) in [6.45, 7) is 0.0635. The zero-order valence-corrected chi connectivity index (χ0v) is 11.2. The van der Waals surface area contributed by atoms with E-state index in [1.54, 1.807) is 16.3 Å². The normalized spacial score (nSPS) is 14.8. The van der Waals surface area contributed by atoms with E-state index in [0.29, 0.717) is 6.04 Å². The number of H-pyrrole nitrogens is 1. The first-order valence-electron chi connectivity index (χ1n) is 6.26. The summed E-state index contributed by atoms with van der Waals surface area (Å²) < 4.78 is 1.76. The Morgan fingerprint density at radius 3 is 2.63 bits per heavy atom. The molecule has 1 aliphatic rings. The minimum Gasteiger partial charge on any atom is -0.392 e. The molecular weight excluding hydrogens is 262 g/mol. The van der Waals surface area contributed by atoms with Gasteiger partial charge in [0, 0.05) is 11.8 Å². The van der Waals surface area contributed by atoms with Crippen molar-refractivity contribution < 1.29 is 5.11 Å². The second-order valence-corrected chi connectivity index (χ2v) is 5.62. The third kappa shape index (κ3) is 2.74. The Kier molecular flexibility index (Phi) is 3.44. The molecule has 100 valence electrons. The predicted molar refractivity (Wildman–Crippen MR) is 73.0 cm³/mol. The smallest absolute Gasteiger partial charge is 0.344 e. The molecule has 0 bridgehead atoms. The van der Waals surface area contributed by atoms with Crippen LogP contribution < -0.4 is 5.69 Å². The Hall–Kier alpha value is -1.53. The maximum atomic E-state index is 11.6. The summed E-state index contributed by atoms with van der Waals surface area (Å²) in [6, 6.07) is 8.14. The van der Waals surface area contributed by atoms with E-state index in [9.17, 15) is 4.79 Å². The second kappa shape index (κ2) is 5.22. The summed E-state index contributed by atoms with van der Waals surface area (Å²) in [4.78, 5) is 11.6. The zero-order valence-electron chi connectivity index (χ0n) is 10.4. The molecule has 1 aromatic heterocycles. The van der Waals surface area contributed by atoms with Crippen LogP contribution in [-0.4, -0.2) is 19.9 Å². The number of aromatic nitrogens is 3. The molecule has 2 aromatic rings. The number of benzene rings is 1. The van der Waals surface area contributed by atoms with Gasteiger partial charge < -0.3 is 5.11 Å². The van der Waals surface area contributed by atoms with E-state index in [4.69, 9.17) is 5.11 Å². The van der Waals surface area contributed by atoms with Crippen LogP contribution in [0.4, 0.5) is 0 Å². The Morgan fingerprint density at radius 2 is 2.00 bits per heavy atom. The van der Waals surface area contributed by atoms with Crippen molar-refractivity contribution in [1.82, 2.24) is 14.8 Å². The molecule has 1 aliphatic carbocycles. The molecule has 0 radical (unpaired) electrons. The molecule has 3 rings (SSSR count). The van der Waals surface area contributed by atoms with Gasteiger partial charge in [0.1, 0.15) is 0 Å². The van der Waals surface area contributed by atoms with Crippen molar-refractivity contribution in [2.45, 2.75) is 36.4 Å². The van der Waals surface area contributed by atoms with E-state index in [-0.39, 0.29) is 12.3 Å². The first-order chi connectivity index (χ1) is 9.28. The second-order valence-electron chi connectivity index (χ2n) is 4.68. The van der Waals surface area contributed by atoms with Crippen LogP contribution in [0.25, 0.3) is 0 Å². The topological polar surface area (TPSA) is 70.9 Å². The highest BCUT2D eigenvalue weighted by Crippen LogP contribution is 2.36. The highest BCUT2D eigenvalue weighted by molar-refractivity contribution is 7.98. The zero-order chi connectivity index (χ0) is 13.2. The van der Waals surface area contributed by atoms with Crippen LogP contribution in [0.1, 0.15) is 30.0 Å². The van der Waals surface area contributed by atoms with Gasteiger partial charge in [0.05, 0.1) is 6.61 Å². The van der Waals surface area contributed by atoms with Crippen LogP contribution >= 0.6 is 11.8 Å². The minimum atomic E-state index is -0.111. The molecule has 0 atom stereocenters. The van der Waals surface area contributed by atoms with Crippen molar-refractivity contribution in [2.24, 2.45) is 0 Å². The lowest BCUT2D eigenvalue weighted by atomic mass is 10.2. The summed E-state index contributed by atoms with van der Waals surface area (Å²) in [7, 11) is 0. The van der Waals surface area contributed by atoms with Crippen molar-refractivity contribution in [1.29, 1.82) is 0 Å². The van der Waals surface area contributed by atoms with E-state index in [1.165, 1.54) is 0 Å². The van der Waals surface area contributed by atoms with Crippen molar-refractivity contribution in [3.05, 3.63) is 45.9 Å². The summed E-state index contributed by atoms with van der Waals surface area (Å²) >= 11 is 1.56. The van der Waals surface area contributed by atoms with Crippen LogP contribution in [0.3, 0.4) is 0 Å². The van der Waals surface area contributed by atoms with Gasteiger partial charge in [-0.1, -0.05) is 36.0 Å². The quantitative estimate of drug-likeness (QED) is 0.816. The summed E-state index contributed by atoms with van der Waals surface area (Å²) in [5.41, 5.74) is 1.95. The molecule has 5 nitrogen and oxygen atoms in total. The number of nitrogens with zero attached hydrogens (tertiary/aromatic N) is 2. The van der Waals surface area contributed by atoms with Gasteiger partial charge in [-0.3, -0.25) is 4.57 Å². The van der Waals surface area contributed by atoms with Crippen LogP contribution in [0.5, 0.6) is 0 Å². The van der Waals surface area contributed by atoms with Gasteiger partial charge in [-0.2, -0.15) is 0 Å². The Balaban J connectivity index is 1.70. The van der Waals surface area contributed by atoms with Gasteiger partial charge in [0.15, 0.2) is 5.16 Å². The van der Waals surface area contributed by atoms with Crippen LogP contribution in [-0.2, 0) is 12.4 Å². The Bertz CT molecular complexity index is 614. The number of aliphatic hydroxyl groups excluding tert-OH is 1. The highest BCUT2D eigenvalue weighted by Gasteiger charge is 2.28. The van der Waals surface area contributed by atoms with Gasteiger partial charge in [-0.25, -0.2) is 9.89 Å². The van der Waals surface area contributed by atoms with Crippen LogP contribution in [0.2, 0.25) is 0 Å². The molecule has 1 heterocycles. The van der Waals surface area contributed by atoms with Gasteiger partial charge in [0.25, 0.3) is 0 Å². The molecular formula is C13H15N3O2S. The fraction of sp³-hybridized carbons (Fsp3) is 0.385. The number of thioether (sulfide) groups is 1. The Labute approximate surface area is 114 Å². The lowest BCUT2D eigenvalue weighted by Gasteiger charge is -2.04. The van der Waals surface area contributed by atoms with E-state index in [2.05, 4.69) is 10.2 Å². The number of hydrogen-bond donors (Lipinski definition) is 2. The molecule has 0 saturated heterocycles. The lowest BCUT2D eigenvalue weighted by molar-refractivity contribution is 0.282. The van der Waals surface area contributed by atoms with Crippen molar-refractivity contribution >= 4 is 11.8 Å². The number of aromatic amines is 1. The van der Waals surface area contributed by atoms with E-state index in [0.717, 1.165) is 34.9 Å². The van der Waals surface area contributed by atoms with E-state index in [1.807, 2.05) is 24.3 Å². The van der Waals surface area contributed by atoms with Crippen LogP contribution in [0, 0.1) is 0 Å². The average Bonchev–Trinajstić information content (AvgIpc) is 3.21.